The second kappa shape index (κ2) is 5.88. The minimum Gasteiger partial charge on any atom is -0.330 e. The molecule has 4 nitrogen and oxygen atoms in total. The highest BCUT2D eigenvalue weighted by Crippen LogP contribution is 2.01. The lowest BCUT2D eigenvalue weighted by molar-refractivity contribution is 0.292. The summed E-state index contributed by atoms with van der Waals surface area (Å²) >= 11 is 0. The normalized spacial score (nSPS) is 13.4. The first-order chi connectivity index (χ1) is 7.11. The monoisotopic (exact) mass is 210 g/mol. The van der Waals surface area contributed by atoms with Crippen LogP contribution in [0.2, 0.25) is 0 Å². The molecule has 0 spiro atoms. The minimum absolute atomic E-state index is 0.573. The number of nitrogens with two attached hydrogens (primary N) is 1. The molecule has 1 unspecified atom stereocenters. The number of rotatable bonds is 6. The Bertz CT molecular complexity index is 282. The molecule has 0 aliphatic rings. The van der Waals surface area contributed by atoms with Crippen LogP contribution >= 0.6 is 0 Å². The van der Waals surface area contributed by atoms with Crippen molar-refractivity contribution in [3.05, 3.63) is 18.0 Å². The summed E-state index contributed by atoms with van der Waals surface area (Å²) in [4.78, 5) is 2.32. The summed E-state index contributed by atoms with van der Waals surface area (Å²) in [7, 11) is 4.09. The first kappa shape index (κ1) is 12.2. The third-order valence-electron chi connectivity index (χ3n) is 2.57. The van der Waals surface area contributed by atoms with Gasteiger partial charge in [0.05, 0.1) is 6.20 Å². The lowest BCUT2D eigenvalue weighted by Crippen LogP contribution is -2.29. The van der Waals surface area contributed by atoms with E-state index in [1.54, 1.807) is 0 Å². The van der Waals surface area contributed by atoms with Crippen molar-refractivity contribution < 1.29 is 0 Å². The van der Waals surface area contributed by atoms with Crippen molar-refractivity contribution in [2.45, 2.75) is 13.3 Å². The van der Waals surface area contributed by atoms with Crippen LogP contribution in [0.1, 0.15) is 12.5 Å². The van der Waals surface area contributed by atoms with E-state index >= 15 is 0 Å². The van der Waals surface area contributed by atoms with Crippen molar-refractivity contribution >= 4 is 0 Å². The second-order valence-corrected chi connectivity index (χ2v) is 4.38. The van der Waals surface area contributed by atoms with Crippen LogP contribution in [0.4, 0.5) is 0 Å². The molecule has 0 saturated carbocycles. The summed E-state index contributed by atoms with van der Waals surface area (Å²) in [6.45, 7) is 5.07. The smallest absolute Gasteiger partial charge is 0.0522 e. The third-order valence-corrected chi connectivity index (χ3v) is 2.57. The van der Waals surface area contributed by atoms with E-state index in [2.05, 4.69) is 30.2 Å². The van der Waals surface area contributed by atoms with Crippen LogP contribution in [0.5, 0.6) is 0 Å². The zero-order valence-corrected chi connectivity index (χ0v) is 9.98. The minimum atomic E-state index is 0.573. The van der Waals surface area contributed by atoms with E-state index in [0.717, 1.165) is 26.1 Å². The molecule has 0 aromatic carbocycles. The SMILES string of the molecule is CC(CN)CN(C)CCc1cnn(C)c1. The Morgan fingerprint density at radius 3 is 2.87 bits per heavy atom. The third kappa shape index (κ3) is 4.44. The van der Waals surface area contributed by atoms with Crippen LogP contribution in [-0.4, -0.2) is 41.4 Å². The van der Waals surface area contributed by atoms with Crippen LogP contribution in [0.3, 0.4) is 0 Å². The predicted molar refractivity (Wildman–Crippen MR) is 62.6 cm³/mol. The molecule has 0 fully saturated rings. The van der Waals surface area contributed by atoms with E-state index in [-0.39, 0.29) is 0 Å². The molecule has 0 saturated heterocycles. The van der Waals surface area contributed by atoms with Crippen LogP contribution < -0.4 is 5.73 Å². The molecular weight excluding hydrogens is 188 g/mol. The fourth-order valence-corrected chi connectivity index (χ4v) is 1.62. The van der Waals surface area contributed by atoms with Gasteiger partial charge in [0, 0.05) is 26.3 Å². The van der Waals surface area contributed by atoms with Crippen molar-refractivity contribution in [1.29, 1.82) is 0 Å². The average molecular weight is 210 g/mol. The predicted octanol–water partition coefficient (Wildman–Crippen LogP) is 0.489. The van der Waals surface area contributed by atoms with Gasteiger partial charge in [0.15, 0.2) is 0 Å². The fraction of sp³-hybridized carbons (Fsp3) is 0.727. The van der Waals surface area contributed by atoms with Crippen LogP contribution in [0.15, 0.2) is 12.4 Å². The van der Waals surface area contributed by atoms with Crippen LogP contribution in [-0.2, 0) is 13.5 Å². The maximum absolute atomic E-state index is 5.59. The maximum atomic E-state index is 5.59. The van der Waals surface area contributed by atoms with Gasteiger partial charge in [-0.3, -0.25) is 4.68 Å². The highest BCUT2D eigenvalue weighted by atomic mass is 15.2. The average Bonchev–Trinajstić information content (AvgIpc) is 2.61. The van der Waals surface area contributed by atoms with Gasteiger partial charge in [0.2, 0.25) is 0 Å². The second-order valence-electron chi connectivity index (χ2n) is 4.38. The Hall–Kier alpha value is -0.870. The highest BCUT2D eigenvalue weighted by Gasteiger charge is 2.05. The van der Waals surface area contributed by atoms with Gasteiger partial charge in [0.25, 0.3) is 0 Å². The van der Waals surface area contributed by atoms with E-state index in [4.69, 9.17) is 5.73 Å². The van der Waals surface area contributed by atoms with E-state index in [0.29, 0.717) is 5.92 Å². The van der Waals surface area contributed by atoms with Gasteiger partial charge < -0.3 is 10.6 Å². The molecule has 0 aliphatic carbocycles. The molecule has 1 atom stereocenters. The van der Waals surface area contributed by atoms with Gasteiger partial charge >= 0.3 is 0 Å². The maximum Gasteiger partial charge on any atom is 0.0522 e. The standard InChI is InChI=1S/C11H22N4/c1-10(6-12)8-14(2)5-4-11-7-13-15(3)9-11/h7,9-10H,4-6,8,12H2,1-3H3. The summed E-state index contributed by atoms with van der Waals surface area (Å²) in [5.41, 5.74) is 6.89. The van der Waals surface area contributed by atoms with E-state index in [9.17, 15) is 0 Å². The Labute approximate surface area is 92.1 Å². The van der Waals surface area contributed by atoms with Gasteiger partial charge in [-0.15, -0.1) is 0 Å². The van der Waals surface area contributed by atoms with Crippen molar-refractivity contribution in [3.8, 4) is 0 Å². The number of hydrogen-bond acceptors (Lipinski definition) is 3. The molecule has 0 bridgehead atoms. The van der Waals surface area contributed by atoms with Crippen molar-refractivity contribution in [3.63, 3.8) is 0 Å². The number of hydrogen-bond donors (Lipinski definition) is 1. The van der Waals surface area contributed by atoms with Gasteiger partial charge in [-0.05, 0) is 31.5 Å². The number of likely N-dealkylation sites (N-methyl/N-ethyl adjacent to an activating group) is 1. The largest absolute Gasteiger partial charge is 0.330 e. The Kier molecular flexibility index (Phi) is 4.78. The van der Waals surface area contributed by atoms with E-state index in [1.807, 2.05) is 17.9 Å². The zero-order chi connectivity index (χ0) is 11.3. The van der Waals surface area contributed by atoms with E-state index < -0.39 is 0 Å². The molecular formula is C11H22N4. The van der Waals surface area contributed by atoms with Crippen molar-refractivity contribution in [2.75, 3.05) is 26.7 Å². The lowest BCUT2D eigenvalue weighted by atomic mass is 10.1. The first-order valence-electron chi connectivity index (χ1n) is 5.48. The van der Waals surface area contributed by atoms with Gasteiger partial charge in [-0.2, -0.15) is 5.10 Å². The molecule has 0 aliphatic heterocycles. The van der Waals surface area contributed by atoms with E-state index in [1.165, 1.54) is 5.56 Å². The molecule has 86 valence electrons. The quantitative estimate of drug-likeness (QED) is 0.743. The van der Waals surface area contributed by atoms with Gasteiger partial charge in [0.1, 0.15) is 0 Å². The van der Waals surface area contributed by atoms with Gasteiger partial charge in [-0.25, -0.2) is 0 Å². The number of aromatic nitrogens is 2. The molecule has 1 aromatic heterocycles. The molecule has 15 heavy (non-hydrogen) atoms. The molecule has 1 aromatic rings. The van der Waals surface area contributed by atoms with Crippen molar-refractivity contribution in [2.24, 2.45) is 18.7 Å². The Morgan fingerprint density at radius 2 is 2.33 bits per heavy atom. The molecule has 1 rings (SSSR count). The zero-order valence-electron chi connectivity index (χ0n) is 9.98. The topological polar surface area (TPSA) is 47.1 Å². The lowest BCUT2D eigenvalue weighted by Gasteiger charge is -2.19. The molecule has 0 radical (unpaired) electrons. The first-order valence-corrected chi connectivity index (χ1v) is 5.48. The van der Waals surface area contributed by atoms with Crippen molar-refractivity contribution in [1.82, 2.24) is 14.7 Å². The van der Waals surface area contributed by atoms with Crippen LogP contribution in [0.25, 0.3) is 0 Å². The molecule has 1 heterocycles. The summed E-state index contributed by atoms with van der Waals surface area (Å²) in [6.07, 6.45) is 5.06. The Balaban J connectivity index is 2.25. The Morgan fingerprint density at radius 1 is 1.60 bits per heavy atom. The van der Waals surface area contributed by atoms with Gasteiger partial charge in [-0.1, -0.05) is 6.92 Å². The number of nitrogens with zero attached hydrogens (tertiary/aromatic N) is 3. The number of aryl methyl sites for hydroxylation is 1. The molecule has 2 N–H and O–H groups in total. The summed E-state index contributed by atoms with van der Waals surface area (Å²) in [6, 6.07) is 0. The summed E-state index contributed by atoms with van der Waals surface area (Å²) < 4.78 is 1.85. The highest BCUT2D eigenvalue weighted by molar-refractivity contribution is 5.03. The van der Waals surface area contributed by atoms with Crippen LogP contribution in [0, 0.1) is 5.92 Å². The molecule has 4 heteroatoms. The summed E-state index contributed by atoms with van der Waals surface area (Å²) in [5.74, 6) is 0.573. The summed E-state index contributed by atoms with van der Waals surface area (Å²) in [5, 5.41) is 4.15. The fourth-order valence-electron chi connectivity index (χ4n) is 1.62. The molecule has 0 amide bonds.